The van der Waals surface area contributed by atoms with Crippen molar-refractivity contribution in [3.05, 3.63) is 108 Å². The van der Waals surface area contributed by atoms with Crippen LogP contribution < -0.4 is 0 Å². The van der Waals surface area contributed by atoms with E-state index >= 15 is 0 Å². The number of rotatable bonds is 6. The Morgan fingerprint density at radius 3 is 1.76 bits per heavy atom. The number of benzene rings is 3. The van der Waals surface area contributed by atoms with Gasteiger partial charge in [0.1, 0.15) is 6.61 Å². The summed E-state index contributed by atoms with van der Waals surface area (Å²) in [4.78, 5) is 27.9. The Morgan fingerprint density at radius 1 is 0.848 bits per heavy atom. The minimum Gasteiger partial charge on any atom is -0.447 e. The fourth-order valence-corrected chi connectivity index (χ4v) is 4.81. The highest BCUT2D eigenvalue weighted by Gasteiger charge is 2.44. The molecule has 1 fully saturated rings. The van der Waals surface area contributed by atoms with Gasteiger partial charge in [0.25, 0.3) is 0 Å². The van der Waals surface area contributed by atoms with Crippen molar-refractivity contribution in [2.45, 2.75) is 45.1 Å². The van der Waals surface area contributed by atoms with Gasteiger partial charge in [-0.3, -0.25) is 4.79 Å². The number of imide groups is 1. The predicted molar refractivity (Wildman–Crippen MR) is 130 cm³/mol. The SMILES string of the molecule is CC(C)(C)[C@H](CC(=O)N1C(=O)OC[C@H]1C(c1ccccc1)c1ccccc1)c1ccccc1. The molecule has 4 nitrogen and oxygen atoms in total. The molecule has 1 aliphatic heterocycles. The van der Waals surface area contributed by atoms with Crippen molar-refractivity contribution < 1.29 is 14.3 Å². The summed E-state index contributed by atoms with van der Waals surface area (Å²) in [5.41, 5.74) is 3.07. The molecule has 4 rings (SSSR count). The number of amides is 2. The number of ether oxygens (including phenoxy) is 1. The Morgan fingerprint density at radius 2 is 1.30 bits per heavy atom. The average Bonchev–Trinajstić information content (AvgIpc) is 3.19. The molecule has 1 heterocycles. The van der Waals surface area contributed by atoms with Gasteiger partial charge in [-0.05, 0) is 28.0 Å². The van der Waals surface area contributed by atoms with Crippen LogP contribution in [0.5, 0.6) is 0 Å². The largest absolute Gasteiger partial charge is 0.447 e. The maximum atomic E-state index is 13.7. The Kier molecular flexibility index (Phi) is 6.64. The van der Waals surface area contributed by atoms with Crippen LogP contribution in [0.2, 0.25) is 0 Å². The molecule has 0 saturated carbocycles. The lowest BCUT2D eigenvalue weighted by Gasteiger charge is -2.34. The van der Waals surface area contributed by atoms with Crippen LogP contribution >= 0.6 is 0 Å². The van der Waals surface area contributed by atoms with Crippen molar-refractivity contribution in [2.75, 3.05) is 6.61 Å². The highest BCUT2D eigenvalue weighted by atomic mass is 16.6. The van der Waals surface area contributed by atoms with Gasteiger partial charge in [0.2, 0.25) is 5.91 Å². The van der Waals surface area contributed by atoms with Gasteiger partial charge in [-0.2, -0.15) is 0 Å². The van der Waals surface area contributed by atoms with E-state index in [-0.39, 0.29) is 36.2 Å². The number of carbonyl (C=O) groups excluding carboxylic acids is 2. The van der Waals surface area contributed by atoms with E-state index in [0.717, 1.165) is 16.7 Å². The Balaban J connectivity index is 1.68. The topological polar surface area (TPSA) is 46.6 Å². The number of cyclic esters (lactones) is 1. The van der Waals surface area contributed by atoms with Gasteiger partial charge in [-0.1, -0.05) is 112 Å². The van der Waals surface area contributed by atoms with Gasteiger partial charge in [0, 0.05) is 12.3 Å². The van der Waals surface area contributed by atoms with Crippen LogP contribution in [0.4, 0.5) is 4.79 Å². The Labute approximate surface area is 196 Å². The number of nitrogens with zero attached hydrogens (tertiary/aromatic N) is 1. The van der Waals surface area contributed by atoms with Gasteiger partial charge in [-0.15, -0.1) is 0 Å². The van der Waals surface area contributed by atoms with Gasteiger partial charge in [-0.25, -0.2) is 9.69 Å². The molecular weight excluding hydrogens is 410 g/mol. The standard InChI is InChI=1S/C29H31NO3/c1-29(2,3)24(21-13-7-4-8-14-21)19-26(31)30-25(20-33-28(30)32)27(22-15-9-5-10-16-22)23-17-11-6-12-18-23/h4-18,24-25,27H,19-20H2,1-3H3/t24-,25+/m1/s1. The highest BCUT2D eigenvalue weighted by Crippen LogP contribution is 2.40. The van der Waals surface area contributed by atoms with Crippen molar-refractivity contribution in [3.8, 4) is 0 Å². The Hall–Kier alpha value is -3.40. The molecule has 3 aromatic carbocycles. The maximum absolute atomic E-state index is 13.7. The first-order valence-corrected chi connectivity index (χ1v) is 11.5. The molecule has 0 spiro atoms. The molecule has 0 radical (unpaired) electrons. The van der Waals surface area contributed by atoms with E-state index in [1.807, 2.05) is 78.9 Å². The van der Waals surface area contributed by atoms with E-state index in [9.17, 15) is 9.59 Å². The number of hydrogen-bond donors (Lipinski definition) is 0. The van der Waals surface area contributed by atoms with Crippen LogP contribution in [0, 0.1) is 5.41 Å². The van der Waals surface area contributed by atoms with E-state index in [2.05, 4.69) is 32.9 Å². The zero-order valence-electron chi connectivity index (χ0n) is 19.5. The third kappa shape index (κ3) is 5.00. The first kappa shape index (κ1) is 22.8. The van der Waals surface area contributed by atoms with E-state index in [1.165, 1.54) is 4.90 Å². The van der Waals surface area contributed by atoms with Crippen molar-refractivity contribution in [1.82, 2.24) is 4.90 Å². The fraction of sp³-hybridized carbons (Fsp3) is 0.310. The zero-order chi connectivity index (χ0) is 23.4. The molecule has 33 heavy (non-hydrogen) atoms. The van der Waals surface area contributed by atoms with Gasteiger partial charge < -0.3 is 4.74 Å². The molecule has 1 aliphatic rings. The van der Waals surface area contributed by atoms with E-state index in [0.29, 0.717) is 0 Å². The molecule has 2 amide bonds. The molecule has 4 heteroatoms. The number of hydrogen-bond acceptors (Lipinski definition) is 3. The second-order valence-electron chi connectivity index (χ2n) is 9.74. The quantitative estimate of drug-likeness (QED) is 0.445. The first-order valence-electron chi connectivity index (χ1n) is 11.5. The lowest BCUT2D eigenvalue weighted by atomic mass is 9.74. The van der Waals surface area contributed by atoms with Gasteiger partial charge in [0.15, 0.2) is 0 Å². The minimum atomic E-state index is -0.553. The first-order chi connectivity index (χ1) is 15.9. The van der Waals surface area contributed by atoms with E-state index < -0.39 is 12.1 Å². The van der Waals surface area contributed by atoms with Crippen LogP contribution in [0.1, 0.15) is 55.7 Å². The van der Waals surface area contributed by atoms with Crippen LogP contribution in [-0.4, -0.2) is 29.5 Å². The van der Waals surface area contributed by atoms with Crippen LogP contribution in [0.25, 0.3) is 0 Å². The second-order valence-corrected chi connectivity index (χ2v) is 9.74. The molecule has 1 saturated heterocycles. The molecule has 0 aromatic heterocycles. The second kappa shape index (κ2) is 9.62. The average molecular weight is 442 g/mol. The molecular formula is C29H31NO3. The Bertz CT molecular complexity index is 1030. The van der Waals surface area contributed by atoms with Crippen molar-refractivity contribution in [1.29, 1.82) is 0 Å². The molecule has 0 bridgehead atoms. The molecule has 3 aromatic rings. The maximum Gasteiger partial charge on any atom is 0.417 e. The minimum absolute atomic E-state index is 0.0212. The third-order valence-corrected chi connectivity index (χ3v) is 6.50. The molecule has 0 aliphatic carbocycles. The van der Waals surface area contributed by atoms with E-state index in [4.69, 9.17) is 4.74 Å². The molecule has 0 unspecified atom stereocenters. The molecule has 2 atom stereocenters. The summed E-state index contributed by atoms with van der Waals surface area (Å²) in [6.45, 7) is 6.59. The monoisotopic (exact) mass is 441 g/mol. The van der Waals surface area contributed by atoms with Crippen molar-refractivity contribution >= 4 is 12.0 Å². The van der Waals surface area contributed by atoms with Gasteiger partial charge >= 0.3 is 6.09 Å². The summed E-state index contributed by atoms with van der Waals surface area (Å²) in [5, 5.41) is 0. The van der Waals surface area contributed by atoms with Crippen LogP contribution in [-0.2, 0) is 9.53 Å². The highest BCUT2D eigenvalue weighted by molar-refractivity contribution is 5.94. The van der Waals surface area contributed by atoms with Crippen molar-refractivity contribution in [3.63, 3.8) is 0 Å². The van der Waals surface area contributed by atoms with Crippen LogP contribution in [0.15, 0.2) is 91.0 Å². The van der Waals surface area contributed by atoms with Crippen molar-refractivity contribution in [2.24, 2.45) is 5.41 Å². The van der Waals surface area contributed by atoms with E-state index in [1.54, 1.807) is 0 Å². The lowest BCUT2D eigenvalue weighted by Crippen LogP contribution is -2.43. The summed E-state index contributed by atoms with van der Waals surface area (Å²) in [5.74, 6) is -0.372. The fourth-order valence-electron chi connectivity index (χ4n) is 4.81. The van der Waals surface area contributed by atoms with Crippen LogP contribution in [0.3, 0.4) is 0 Å². The molecule has 170 valence electrons. The summed E-state index contributed by atoms with van der Waals surface area (Å²) in [6, 6.07) is 29.7. The zero-order valence-corrected chi connectivity index (χ0v) is 19.5. The summed E-state index contributed by atoms with van der Waals surface area (Å²) in [6.07, 6.45) is -0.308. The summed E-state index contributed by atoms with van der Waals surface area (Å²) in [7, 11) is 0. The molecule has 0 N–H and O–H groups in total. The lowest BCUT2D eigenvalue weighted by molar-refractivity contribution is -0.130. The predicted octanol–water partition coefficient (Wildman–Crippen LogP) is 6.39. The normalized spacial score (nSPS) is 17.2. The third-order valence-electron chi connectivity index (χ3n) is 6.50. The number of carbonyl (C=O) groups is 2. The summed E-state index contributed by atoms with van der Waals surface area (Å²) >= 11 is 0. The smallest absolute Gasteiger partial charge is 0.417 e. The summed E-state index contributed by atoms with van der Waals surface area (Å²) < 4.78 is 5.46. The van der Waals surface area contributed by atoms with Gasteiger partial charge in [0.05, 0.1) is 6.04 Å².